The minimum atomic E-state index is -0.106. The third kappa shape index (κ3) is 4.70. The number of aryl methyl sites for hydroxylation is 4. The van der Waals surface area contributed by atoms with Gasteiger partial charge in [0.05, 0.1) is 22.8 Å². The van der Waals surface area contributed by atoms with Gasteiger partial charge in [-0.05, 0) is 55.3 Å². The van der Waals surface area contributed by atoms with Gasteiger partial charge in [-0.2, -0.15) is 0 Å². The van der Waals surface area contributed by atoms with Crippen LogP contribution in [0.3, 0.4) is 0 Å². The van der Waals surface area contributed by atoms with Crippen molar-refractivity contribution in [3.8, 4) is 0 Å². The fraction of sp³-hybridized carbons (Fsp3) is 0.143. The molecule has 0 saturated carbocycles. The molecule has 0 aliphatic heterocycles. The molecule has 0 spiro atoms. The van der Waals surface area contributed by atoms with Gasteiger partial charge < -0.3 is 0 Å². The molecule has 0 atom stereocenters. The number of halogens is 2. The average molecular weight is 566 g/mol. The molecule has 0 bridgehead atoms. The normalized spacial score (nSPS) is 14.7. The van der Waals surface area contributed by atoms with Crippen molar-refractivity contribution in [1.29, 1.82) is 0 Å². The number of nitrogens with zero attached hydrogens (tertiary/aromatic N) is 2. The molecule has 0 radical (unpaired) electrons. The van der Waals surface area contributed by atoms with Crippen LogP contribution in [0.4, 0.5) is 11.4 Å². The summed E-state index contributed by atoms with van der Waals surface area (Å²) in [6, 6.07) is 25.6. The van der Waals surface area contributed by atoms with E-state index in [0.717, 1.165) is 33.9 Å². The Balaban J connectivity index is 0.000000821. The number of aliphatic imine (C=N–C) groups is 2. The predicted octanol–water partition coefficient (Wildman–Crippen LogP) is 8.71. The zero-order valence-electron chi connectivity index (χ0n) is 18.9. The first kappa shape index (κ1) is 23.9. The summed E-state index contributed by atoms with van der Waals surface area (Å²) in [4.78, 5) is 10.4. The molecule has 33 heavy (non-hydrogen) atoms. The van der Waals surface area contributed by atoms with Gasteiger partial charge in [0, 0.05) is 16.5 Å². The maximum absolute atomic E-state index is 5.22. The number of para-hydroxylation sites is 2. The summed E-state index contributed by atoms with van der Waals surface area (Å²) in [5.74, 6) is 0. The zero-order chi connectivity index (χ0) is 23.5. The van der Waals surface area contributed by atoms with Crippen molar-refractivity contribution in [2.45, 2.75) is 27.7 Å². The monoisotopic (exact) mass is 564 g/mol. The molecule has 0 aromatic heterocycles. The van der Waals surface area contributed by atoms with E-state index in [0.29, 0.717) is 0 Å². The number of hydrogen-bond donors (Lipinski definition) is 0. The van der Waals surface area contributed by atoms with E-state index < -0.39 is 0 Å². The third-order valence-electron chi connectivity index (χ3n) is 5.97. The Labute approximate surface area is 211 Å². The van der Waals surface area contributed by atoms with Crippen LogP contribution in [0, 0.1) is 27.7 Å². The summed E-state index contributed by atoms with van der Waals surface area (Å²) in [7, 11) is 9.63. The molecule has 0 N–H and O–H groups in total. The van der Waals surface area contributed by atoms with E-state index in [2.05, 4.69) is 100 Å². The molecule has 5 rings (SSSR count). The van der Waals surface area contributed by atoms with Gasteiger partial charge in [0.1, 0.15) is 0 Å². The molecule has 0 saturated heterocycles. The second-order valence-electron chi connectivity index (χ2n) is 8.16. The van der Waals surface area contributed by atoms with E-state index in [1.54, 1.807) is 0 Å². The van der Waals surface area contributed by atoms with Crippen LogP contribution >= 0.6 is 19.1 Å². The first-order valence-electron chi connectivity index (χ1n) is 10.6. The summed E-state index contributed by atoms with van der Waals surface area (Å²) < 4.78 is 0. The van der Waals surface area contributed by atoms with Gasteiger partial charge in [-0.15, -0.1) is 0 Å². The molecule has 1 aliphatic rings. The molecule has 0 fully saturated rings. The molecule has 170 valence electrons. The van der Waals surface area contributed by atoms with Gasteiger partial charge in [0.15, 0.2) is 0 Å². The maximum atomic E-state index is 5.22. The Bertz CT molecular complexity index is 1260. The van der Waals surface area contributed by atoms with Crippen molar-refractivity contribution in [3.05, 3.63) is 106 Å². The van der Waals surface area contributed by atoms with Crippen LogP contribution < -0.4 is 0 Å². The van der Waals surface area contributed by atoms with Gasteiger partial charge >= 0.3 is 35.0 Å². The van der Waals surface area contributed by atoms with Crippen molar-refractivity contribution >= 4 is 52.6 Å². The summed E-state index contributed by atoms with van der Waals surface area (Å²) >= 11 is -0.106. The van der Waals surface area contributed by atoms with E-state index >= 15 is 0 Å². The van der Waals surface area contributed by atoms with Gasteiger partial charge in [-0.1, -0.05) is 72.8 Å². The van der Waals surface area contributed by atoms with Crippen molar-refractivity contribution in [1.82, 2.24) is 0 Å². The quantitative estimate of drug-likeness (QED) is 0.217. The summed E-state index contributed by atoms with van der Waals surface area (Å²) in [6.07, 6.45) is 0. The van der Waals surface area contributed by atoms with Crippen LogP contribution in [0.15, 0.2) is 82.8 Å². The standard InChI is InChI=1S/C28H24N2.2ClH.Pd/c1-17-9-5-10-18(2)25(17)29-27-22-15-7-13-21-14-8-16-23(24(21)22)28(27)30-26-19(3)11-6-12-20(26)4;;;/h5-16H,1-4H3;2*1H;/q;;;+2/p-2. The Hall–Kier alpha value is -2.28. The topological polar surface area (TPSA) is 24.7 Å². The fourth-order valence-electron chi connectivity index (χ4n) is 4.40. The molecule has 0 unspecified atom stereocenters. The fourth-order valence-corrected chi connectivity index (χ4v) is 4.40. The van der Waals surface area contributed by atoms with Crippen LogP contribution in [0.5, 0.6) is 0 Å². The first-order valence-corrected chi connectivity index (χ1v) is 14.6. The molecular weight excluding hydrogens is 542 g/mol. The molecule has 4 aromatic rings. The Morgan fingerprint density at radius 1 is 0.545 bits per heavy atom. The van der Waals surface area contributed by atoms with E-state index in [1.807, 2.05) is 0 Å². The number of benzene rings is 4. The zero-order valence-corrected chi connectivity index (χ0v) is 22.0. The summed E-state index contributed by atoms with van der Waals surface area (Å²) in [5, 5.41) is 2.47. The van der Waals surface area contributed by atoms with Crippen molar-refractivity contribution in [2.75, 3.05) is 0 Å². The van der Waals surface area contributed by atoms with Crippen molar-refractivity contribution < 1.29 is 15.9 Å². The van der Waals surface area contributed by atoms with Crippen LogP contribution in [-0.4, -0.2) is 11.4 Å². The Kier molecular flexibility index (Phi) is 7.47. The van der Waals surface area contributed by atoms with Crippen LogP contribution in [0.2, 0.25) is 0 Å². The predicted molar refractivity (Wildman–Crippen MR) is 140 cm³/mol. The van der Waals surface area contributed by atoms with Crippen LogP contribution in [0.25, 0.3) is 10.8 Å². The molecule has 4 aromatic carbocycles. The molecule has 0 heterocycles. The molecule has 5 heteroatoms. The average Bonchev–Trinajstić information content (AvgIpc) is 3.09. The summed E-state index contributed by atoms with van der Waals surface area (Å²) in [5.41, 5.74) is 11.0. The summed E-state index contributed by atoms with van der Waals surface area (Å²) in [6.45, 7) is 8.49. The third-order valence-corrected chi connectivity index (χ3v) is 5.97. The SMILES string of the molecule is Cc1cccc(C)c1N=C1C(=Nc2c(C)cccc2C)c2cccc3cccc1c23.[Cl][Pd][Cl]. The molecule has 2 nitrogen and oxygen atoms in total. The molecule has 0 amide bonds. The van der Waals surface area contributed by atoms with Gasteiger partial charge in [-0.25, -0.2) is 9.98 Å². The number of rotatable bonds is 2. The Morgan fingerprint density at radius 2 is 0.879 bits per heavy atom. The van der Waals surface area contributed by atoms with Crippen molar-refractivity contribution in [2.24, 2.45) is 9.98 Å². The van der Waals surface area contributed by atoms with E-state index in [4.69, 9.17) is 29.0 Å². The first-order chi connectivity index (χ1) is 16.0. The second kappa shape index (κ2) is 10.3. The van der Waals surface area contributed by atoms with E-state index in [1.165, 1.54) is 33.0 Å². The van der Waals surface area contributed by atoms with E-state index in [-0.39, 0.29) is 15.9 Å². The van der Waals surface area contributed by atoms with Gasteiger partial charge in [0.25, 0.3) is 0 Å². The van der Waals surface area contributed by atoms with Crippen LogP contribution in [0.1, 0.15) is 33.4 Å². The van der Waals surface area contributed by atoms with Crippen molar-refractivity contribution in [3.63, 3.8) is 0 Å². The van der Waals surface area contributed by atoms with Gasteiger partial charge in [-0.3, -0.25) is 0 Å². The molecular formula is C28H24Cl2N2Pd. The van der Waals surface area contributed by atoms with Crippen LogP contribution in [-0.2, 0) is 15.9 Å². The van der Waals surface area contributed by atoms with E-state index in [9.17, 15) is 0 Å². The number of hydrogen-bond acceptors (Lipinski definition) is 2. The molecule has 1 aliphatic carbocycles. The second-order valence-corrected chi connectivity index (χ2v) is 10.5. The van der Waals surface area contributed by atoms with Gasteiger partial charge in [0.2, 0.25) is 0 Å². The minimum absolute atomic E-state index is 0.106. The Morgan fingerprint density at radius 3 is 1.24 bits per heavy atom.